The third kappa shape index (κ3) is 2.72. The number of rotatable bonds is 2. The van der Waals surface area contributed by atoms with E-state index in [-0.39, 0.29) is 11.9 Å². The van der Waals surface area contributed by atoms with Crippen molar-refractivity contribution < 1.29 is 9.59 Å². The van der Waals surface area contributed by atoms with Crippen LogP contribution >= 0.6 is 11.6 Å². The second-order valence-electron chi connectivity index (χ2n) is 4.67. The fourth-order valence-electron chi connectivity index (χ4n) is 2.30. The van der Waals surface area contributed by atoms with E-state index in [4.69, 9.17) is 11.6 Å². The summed E-state index contributed by atoms with van der Waals surface area (Å²) in [7, 11) is 1.78. The van der Waals surface area contributed by atoms with Crippen LogP contribution in [0.25, 0.3) is 0 Å². The minimum absolute atomic E-state index is 0.0695. The van der Waals surface area contributed by atoms with Gasteiger partial charge < -0.3 is 4.90 Å². The van der Waals surface area contributed by atoms with Crippen LogP contribution in [0.2, 0.25) is 5.02 Å². The maximum Gasteiger partial charge on any atom is 0.255 e. The molecule has 1 aliphatic carbocycles. The number of ketones is 1. The molecule has 0 unspecified atom stereocenters. The summed E-state index contributed by atoms with van der Waals surface area (Å²) in [6.45, 7) is 0. The highest BCUT2D eigenvalue weighted by molar-refractivity contribution is 6.33. The monoisotopic (exact) mass is 265 g/mol. The van der Waals surface area contributed by atoms with E-state index in [9.17, 15) is 9.59 Å². The molecule has 0 aromatic heterocycles. The predicted molar refractivity (Wildman–Crippen MR) is 70.8 cm³/mol. The van der Waals surface area contributed by atoms with Crippen molar-refractivity contribution in [2.24, 2.45) is 0 Å². The van der Waals surface area contributed by atoms with Crippen LogP contribution in [-0.2, 0) is 4.79 Å². The van der Waals surface area contributed by atoms with Crippen molar-refractivity contribution in [2.45, 2.75) is 31.7 Å². The Labute approximate surface area is 112 Å². The van der Waals surface area contributed by atoms with Gasteiger partial charge in [-0.3, -0.25) is 9.59 Å². The Morgan fingerprint density at radius 2 is 1.89 bits per heavy atom. The molecule has 0 bridgehead atoms. The fourth-order valence-corrected chi connectivity index (χ4v) is 2.52. The molecule has 0 saturated heterocycles. The number of carbonyl (C=O) groups is 2. The van der Waals surface area contributed by atoms with E-state index in [1.165, 1.54) is 0 Å². The molecular weight excluding hydrogens is 250 g/mol. The van der Waals surface area contributed by atoms with E-state index in [0.29, 0.717) is 29.2 Å². The van der Waals surface area contributed by atoms with Crippen LogP contribution in [0.1, 0.15) is 36.0 Å². The van der Waals surface area contributed by atoms with Gasteiger partial charge in [0.15, 0.2) is 0 Å². The quantitative estimate of drug-likeness (QED) is 0.825. The maximum atomic E-state index is 12.3. The average Bonchev–Trinajstić information content (AvgIpc) is 2.38. The first-order chi connectivity index (χ1) is 8.59. The van der Waals surface area contributed by atoms with Crippen LogP contribution in [0.15, 0.2) is 24.3 Å². The van der Waals surface area contributed by atoms with Gasteiger partial charge in [0.1, 0.15) is 5.78 Å². The molecular formula is C14H16ClNO2. The SMILES string of the molecule is CN(C(=O)c1ccccc1Cl)C1CCC(=O)CC1. The topological polar surface area (TPSA) is 37.4 Å². The van der Waals surface area contributed by atoms with Crippen molar-refractivity contribution in [2.75, 3.05) is 7.05 Å². The van der Waals surface area contributed by atoms with Gasteiger partial charge in [-0.15, -0.1) is 0 Å². The van der Waals surface area contributed by atoms with Crippen LogP contribution in [-0.4, -0.2) is 29.7 Å². The second kappa shape index (κ2) is 5.53. The summed E-state index contributed by atoms with van der Waals surface area (Å²) in [6.07, 6.45) is 2.66. The number of carbonyl (C=O) groups excluding carboxylic acids is 2. The van der Waals surface area contributed by atoms with E-state index in [1.54, 1.807) is 36.2 Å². The van der Waals surface area contributed by atoms with E-state index in [2.05, 4.69) is 0 Å². The average molecular weight is 266 g/mol. The Morgan fingerprint density at radius 3 is 2.50 bits per heavy atom. The van der Waals surface area contributed by atoms with Gasteiger partial charge >= 0.3 is 0 Å². The molecule has 0 radical (unpaired) electrons. The number of hydrogen-bond acceptors (Lipinski definition) is 2. The highest BCUT2D eigenvalue weighted by atomic mass is 35.5. The van der Waals surface area contributed by atoms with E-state index in [1.807, 2.05) is 0 Å². The van der Waals surface area contributed by atoms with Crippen molar-refractivity contribution in [3.63, 3.8) is 0 Å². The summed E-state index contributed by atoms with van der Waals surface area (Å²) >= 11 is 6.02. The molecule has 18 heavy (non-hydrogen) atoms. The van der Waals surface area contributed by atoms with E-state index >= 15 is 0 Å². The molecule has 1 aromatic rings. The Hall–Kier alpha value is -1.35. The predicted octanol–water partition coefficient (Wildman–Crippen LogP) is 2.92. The lowest BCUT2D eigenvalue weighted by Crippen LogP contribution is -2.39. The lowest BCUT2D eigenvalue weighted by molar-refractivity contribution is -0.121. The van der Waals surface area contributed by atoms with E-state index in [0.717, 1.165) is 12.8 Å². The molecule has 0 N–H and O–H groups in total. The third-order valence-electron chi connectivity index (χ3n) is 3.49. The Kier molecular flexibility index (Phi) is 4.02. The van der Waals surface area contributed by atoms with Crippen LogP contribution < -0.4 is 0 Å². The van der Waals surface area contributed by atoms with Crippen LogP contribution in [0.5, 0.6) is 0 Å². The summed E-state index contributed by atoms with van der Waals surface area (Å²) in [5.74, 6) is 0.227. The standard InChI is InChI=1S/C14H16ClNO2/c1-16(10-6-8-11(17)9-7-10)14(18)12-4-2-3-5-13(12)15/h2-5,10H,6-9H2,1H3. The van der Waals surface area contributed by atoms with Crippen molar-refractivity contribution >= 4 is 23.3 Å². The third-order valence-corrected chi connectivity index (χ3v) is 3.81. The summed E-state index contributed by atoms with van der Waals surface area (Å²) in [5, 5.41) is 0.473. The number of amides is 1. The highest BCUT2D eigenvalue weighted by Crippen LogP contribution is 2.23. The van der Waals surface area contributed by atoms with Crippen molar-refractivity contribution in [3.05, 3.63) is 34.9 Å². The number of nitrogens with zero attached hydrogens (tertiary/aromatic N) is 1. The lowest BCUT2D eigenvalue weighted by Gasteiger charge is -2.31. The van der Waals surface area contributed by atoms with Crippen molar-refractivity contribution in [1.29, 1.82) is 0 Å². The minimum atomic E-state index is -0.0695. The van der Waals surface area contributed by atoms with Gasteiger partial charge in [-0.05, 0) is 25.0 Å². The second-order valence-corrected chi connectivity index (χ2v) is 5.07. The number of benzene rings is 1. The molecule has 0 atom stereocenters. The molecule has 1 fully saturated rings. The number of halogens is 1. The minimum Gasteiger partial charge on any atom is -0.339 e. The molecule has 4 heteroatoms. The van der Waals surface area contributed by atoms with Crippen LogP contribution in [0.4, 0.5) is 0 Å². The normalized spacial score (nSPS) is 16.7. The maximum absolute atomic E-state index is 12.3. The lowest BCUT2D eigenvalue weighted by atomic mass is 9.93. The van der Waals surface area contributed by atoms with Crippen LogP contribution in [0.3, 0.4) is 0 Å². The Morgan fingerprint density at radius 1 is 1.28 bits per heavy atom. The van der Waals surface area contributed by atoms with Gasteiger partial charge in [0, 0.05) is 25.9 Å². The number of hydrogen-bond donors (Lipinski definition) is 0. The Balaban J connectivity index is 2.09. The molecule has 1 saturated carbocycles. The van der Waals surface area contributed by atoms with Gasteiger partial charge in [-0.2, -0.15) is 0 Å². The molecule has 1 aliphatic rings. The van der Waals surface area contributed by atoms with Gasteiger partial charge in [-0.1, -0.05) is 23.7 Å². The zero-order valence-corrected chi connectivity index (χ0v) is 11.1. The molecule has 96 valence electrons. The van der Waals surface area contributed by atoms with Crippen molar-refractivity contribution in [1.82, 2.24) is 4.90 Å². The zero-order chi connectivity index (χ0) is 13.1. The Bertz CT molecular complexity index is 463. The first-order valence-electron chi connectivity index (χ1n) is 6.13. The van der Waals surface area contributed by atoms with Gasteiger partial charge in [0.05, 0.1) is 10.6 Å². The highest BCUT2D eigenvalue weighted by Gasteiger charge is 2.26. The summed E-state index contributed by atoms with van der Waals surface area (Å²) < 4.78 is 0. The molecule has 2 rings (SSSR count). The molecule has 3 nitrogen and oxygen atoms in total. The number of Topliss-reactive ketones (excluding diaryl/α,β-unsaturated/α-hetero) is 1. The molecule has 0 aliphatic heterocycles. The first-order valence-corrected chi connectivity index (χ1v) is 6.51. The van der Waals surface area contributed by atoms with E-state index < -0.39 is 0 Å². The zero-order valence-electron chi connectivity index (χ0n) is 10.4. The van der Waals surface area contributed by atoms with Gasteiger partial charge in [0.25, 0.3) is 5.91 Å². The molecule has 0 heterocycles. The van der Waals surface area contributed by atoms with Gasteiger partial charge in [0.2, 0.25) is 0 Å². The van der Waals surface area contributed by atoms with Gasteiger partial charge in [-0.25, -0.2) is 0 Å². The summed E-state index contributed by atoms with van der Waals surface area (Å²) in [4.78, 5) is 25.2. The summed E-state index contributed by atoms with van der Waals surface area (Å²) in [6, 6.07) is 7.20. The first kappa shape index (κ1) is 13.1. The molecule has 1 amide bonds. The molecule has 0 spiro atoms. The summed E-state index contributed by atoms with van der Waals surface area (Å²) in [5.41, 5.74) is 0.526. The van der Waals surface area contributed by atoms with Crippen molar-refractivity contribution in [3.8, 4) is 0 Å². The smallest absolute Gasteiger partial charge is 0.255 e. The largest absolute Gasteiger partial charge is 0.339 e. The molecule has 1 aromatic carbocycles. The fraction of sp³-hybridized carbons (Fsp3) is 0.429. The van der Waals surface area contributed by atoms with Crippen LogP contribution in [0, 0.1) is 0 Å².